The maximum Gasteiger partial charge on any atom is 0.224 e. The van der Waals surface area contributed by atoms with E-state index < -0.39 is 0 Å². The van der Waals surface area contributed by atoms with Crippen LogP contribution < -0.4 is 0 Å². The van der Waals surface area contributed by atoms with Crippen LogP contribution in [-0.2, 0) is 4.79 Å². The zero-order valence-corrected chi connectivity index (χ0v) is 7.10. The van der Waals surface area contributed by atoms with Crippen LogP contribution in [0.2, 0.25) is 0 Å². The number of hydrogen-bond acceptors (Lipinski definition) is 2. The second-order valence-corrected chi connectivity index (χ2v) is 3.13. The van der Waals surface area contributed by atoms with E-state index in [0.717, 1.165) is 0 Å². The average molecular weight is 203 g/mol. The van der Waals surface area contributed by atoms with Crippen LogP contribution in [0.5, 0.6) is 0 Å². The molecule has 0 amide bonds. The number of ketones is 1. The maximum absolute atomic E-state index is 10.9. The molecule has 1 aliphatic rings. The van der Waals surface area contributed by atoms with Gasteiger partial charge in [-0.3, -0.25) is 4.79 Å². The SMILES string of the molecule is C=C1C(=O)C(O)=C(Br)[C@H]1C. The molecule has 0 aromatic carbocycles. The van der Waals surface area contributed by atoms with Gasteiger partial charge in [-0.25, -0.2) is 0 Å². The Kier molecular flexibility index (Phi) is 1.68. The maximum atomic E-state index is 10.9. The van der Waals surface area contributed by atoms with Crippen molar-refractivity contribution in [2.24, 2.45) is 5.92 Å². The number of Topliss-reactive ketones (excluding diaryl/α,β-unsaturated/α-hetero) is 1. The summed E-state index contributed by atoms with van der Waals surface area (Å²) < 4.78 is 0.544. The van der Waals surface area contributed by atoms with E-state index in [1.807, 2.05) is 6.92 Å². The molecule has 0 fully saturated rings. The van der Waals surface area contributed by atoms with E-state index in [9.17, 15) is 4.79 Å². The third kappa shape index (κ3) is 0.814. The molecular formula is C7H7BrO2. The van der Waals surface area contributed by atoms with E-state index in [2.05, 4.69) is 22.5 Å². The molecule has 2 nitrogen and oxygen atoms in total. The molecule has 0 saturated carbocycles. The highest BCUT2D eigenvalue weighted by Gasteiger charge is 2.31. The van der Waals surface area contributed by atoms with Gasteiger partial charge in [0.15, 0.2) is 5.76 Å². The van der Waals surface area contributed by atoms with E-state index in [-0.39, 0.29) is 17.5 Å². The molecule has 3 heteroatoms. The van der Waals surface area contributed by atoms with Gasteiger partial charge in [0.25, 0.3) is 0 Å². The molecule has 10 heavy (non-hydrogen) atoms. The van der Waals surface area contributed by atoms with Crippen molar-refractivity contribution >= 4 is 21.7 Å². The third-order valence-electron chi connectivity index (χ3n) is 1.64. The lowest BCUT2D eigenvalue weighted by Gasteiger charge is -1.99. The van der Waals surface area contributed by atoms with E-state index in [1.54, 1.807) is 0 Å². The Hall–Kier alpha value is -0.570. The van der Waals surface area contributed by atoms with Crippen molar-refractivity contribution in [3.05, 3.63) is 22.4 Å². The number of rotatable bonds is 0. The Labute approximate surface area is 67.4 Å². The summed E-state index contributed by atoms with van der Waals surface area (Å²) in [6.45, 7) is 5.35. The van der Waals surface area contributed by atoms with Gasteiger partial charge in [0.05, 0.1) is 0 Å². The summed E-state index contributed by atoms with van der Waals surface area (Å²) in [6.07, 6.45) is 0. The summed E-state index contributed by atoms with van der Waals surface area (Å²) in [4.78, 5) is 10.9. The molecule has 0 spiro atoms. The van der Waals surface area contributed by atoms with Gasteiger partial charge in [0.1, 0.15) is 0 Å². The summed E-state index contributed by atoms with van der Waals surface area (Å²) in [6, 6.07) is 0. The molecule has 0 heterocycles. The van der Waals surface area contributed by atoms with Gasteiger partial charge < -0.3 is 5.11 Å². The number of aliphatic hydroxyl groups is 1. The Morgan fingerprint density at radius 3 is 2.30 bits per heavy atom. The van der Waals surface area contributed by atoms with Gasteiger partial charge in [-0.2, -0.15) is 0 Å². The molecule has 1 aliphatic carbocycles. The normalized spacial score (nSPS) is 26.4. The third-order valence-corrected chi connectivity index (χ3v) is 2.70. The van der Waals surface area contributed by atoms with Gasteiger partial charge in [0, 0.05) is 16.0 Å². The topological polar surface area (TPSA) is 37.3 Å². The van der Waals surface area contributed by atoms with Gasteiger partial charge in [-0.1, -0.05) is 29.4 Å². The van der Waals surface area contributed by atoms with E-state index in [1.165, 1.54) is 0 Å². The minimum atomic E-state index is -0.348. The first kappa shape index (κ1) is 7.54. The zero-order chi connectivity index (χ0) is 7.89. The number of hydrogen-bond donors (Lipinski definition) is 1. The molecule has 1 atom stereocenters. The van der Waals surface area contributed by atoms with Crippen LogP contribution >= 0.6 is 15.9 Å². The quantitative estimate of drug-likeness (QED) is 0.610. The minimum Gasteiger partial charge on any atom is -0.504 e. The van der Waals surface area contributed by atoms with Crippen molar-refractivity contribution in [3.8, 4) is 0 Å². The Bertz CT molecular complexity index is 240. The smallest absolute Gasteiger partial charge is 0.224 e. The Morgan fingerprint density at radius 2 is 2.20 bits per heavy atom. The summed E-state index contributed by atoms with van der Waals surface area (Å²) in [5.41, 5.74) is 0.448. The highest BCUT2D eigenvalue weighted by molar-refractivity contribution is 9.11. The summed E-state index contributed by atoms with van der Waals surface area (Å²) >= 11 is 3.10. The van der Waals surface area contributed by atoms with Crippen LogP contribution in [0.1, 0.15) is 6.92 Å². The highest BCUT2D eigenvalue weighted by Crippen LogP contribution is 2.34. The molecule has 1 rings (SSSR count). The Balaban J connectivity index is 3.11. The highest BCUT2D eigenvalue weighted by atomic mass is 79.9. The van der Waals surface area contributed by atoms with Crippen LogP contribution in [0.3, 0.4) is 0 Å². The van der Waals surface area contributed by atoms with Crippen LogP contribution in [-0.4, -0.2) is 10.9 Å². The van der Waals surface area contributed by atoms with E-state index >= 15 is 0 Å². The lowest BCUT2D eigenvalue weighted by atomic mass is 10.1. The number of aliphatic hydroxyl groups excluding tert-OH is 1. The Morgan fingerprint density at radius 1 is 1.70 bits per heavy atom. The van der Waals surface area contributed by atoms with Crippen LogP contribution in [0.4, 0.5) is 0 Å². The summed E-state index contributed by atoms with van der Waals surface area (Å²) in [5.74, 6) is -0.607. The van der Waals surface area contributed by atoms with Crippen LogP contribution in [0, 0.1) is 5.92 Å². The van der Waals surface area contributed by atoms with Crippen LogP contribution in [0.15, 0.2) is 22.4 Å². The largest absolute Gasteiger partial charge is 0.504 e. The predicted molar refractivity (Wildman–Crippen MR) is 41.9 cm³/mol. The number of carbonyl (C=O) groups is 1. The van der Waals surface area contributed by atoms with Gasteiger partial charge >= 0.3 is 0 Å². The number of allylic oxidation sites excluding steroid dienone is 2. The van der Waals surface area contributed by atoms with Crippen molar-refractivity contribution in [1.29, 1.82) is 0 Å². The van der Waals surface area contributed by atoms with Gasteiger partial charge in [-0.15, -0.1) is 0 Å². The van der Waals surface area contributed by atoms with Crippen molar-refractivity contribution in [2.45, 2.75) is 6.92 Å². The fourth-order valence-corrected chi connectivity index (χ4v) is 1.27. The second kappa shape index (κ2) is 2.23. The van der Waals surface area contributed by atoms with E-state index in [0.29, 0.717) is 10.1 Å². The summed E-state index contributed by atoms with van der Waals surface area (Å²) in [7, 11) is 0. The molecule has 0 aliphatic heterocycles. The van der Waals surface area contributed by atoms with Crippen molar-refractivity contribution in [3.63, 3.8) is 0 Å². The van der Waals surface area contributed by atoms with Crippen molar-refractivity contribution in [2.75, 3.05) is 0 Å². The summed E-state index contributed by atoms with van der Waals surface area (Å²) in [5, 5.41) is 9.03. The monoisotopic (exact) mass is 202 g/mol. The lowest BCUT2D eigenvalue weighted by Crippen LogP contribution is -1.99. The van der Waals surface area contributed by atoms with Crippen molar-refractivity contribution < 1.29 is 9.90 Å². The average Bonchev–Trinajstić information content (AvgIpc) is 2.07. The molecule has 1 N–H and O–H groups in total. The first-order valence-corrected chi connectivity index (χ1v) is 3.67. The molecule has 0 aromatic rings. The standard InChI is InChI=1S/C7H7BrO2/c1-3-4(2)6(9)7(10)5(3)8/h3,10H,2H2,1H3/t3-/m0/s1. The van der Waals surface area contributed by atoms with Crippen LogP contribution in [0.25, 0.3) is 0 Å². The molecule has 0 bridgehead atoms. The molecule has 0 radical (unpaired) electrons. The van der Waals surface area contributed by atoms with Gasteiger partial charge in [0.2, 0.25) is 5.78 Å². The lowest BCUT2D eigenvalue weighted by molar-refractivity contribution is -0.114. The predicted octanol–water partition coefficient (Wildman–Crippen LogP) is 1.93. The molecule has 0 saturated heterocycles. The van der Waals surface area contributed by atoms with Crippen molar-refractivity contribution in [1.82, 2.24) is 0 Å². The molecule has 0 unspecified atom stereocenters. The van der Waals surface area contributed by atoms with E-state index in [4.69, 9.17) is 5.11 Å². The molecular weight excluding hydrogens is 196 g/mol. The number of carbonyl (C=O) groups excluding carboxylic acids is 1. The zero-order valence-electron chi connectivity index (χ0n) is 5.52. The fraction of sp³-hybridized carbons (Fsp3) is 0.286. The first-order valence-electron chi connectivity index (χ1n) is 2.87. The molecule has 54 valence electrons. The first-order chi connectivity index (χ1) is 4.55. The minimum absolute atomic E-state index is 0.0625. The fourth-order valence-electron chi connectivity index (χ4n) is 0.815. The second-order valence-electron chi connectivity index (χ2n) is 2.27. The molecule has 0 aromatic heterocycles. The number of halogens is 1. The van der Waals surface area contributed by atoms with Gasteiger partial charge in [-0.05, 0) is 0 Å².